The van der Waals surface area contributed by atoms with E-state index < -0.39 is 23.7 Å². The molecule has 1 saturated heterocycles. The summed E-state index contributed by atoms with van der Waals surface area (Å²) in [5.41, 5.74) is 0.147. The first-order chi connectivity index (χ1) is 12.6. The van der Waals surface area contributed by atoms with Crippen LogP contribution < -0.4 is 5.32 Å². The minimum absolute atomic E-state index is 0.0990. The molecule has 1 aliphatic rings. The summed E-state index contributed by atoms with van der Waals surface area (Å²) in [6.07, 6.45) is 0.604. The number of piperidine rings is 1. The van der Waals surface area contributed by atoms with Crippen LogP contribution >= 0.6 is 11.6 Å². The fraction of sp³-hybridized carbons (Fsp3) is 0.667. The molecule has 1 amide bonds. The number of carbonyl (C=O) groups excluding carboxylic acids is 2. The number of aromatic nitrogens is 2. The molecular weight excluding hydrogens is 372 g/mol. The molecule has 1 aromatic rings. The van der Waals surface area contributed by atoms with E-state index in [-0.39, 0.29) is 12.6 Å². The minimum atomic E-state index is -0.657. The molecule has 1 fully saturated rings. The molecule has 0 unspecified atom stereocenters. The highest BCUT2D eigenvalue weighted by Crippen LogP contribution is 2.24. The third kappa shape index (κ3) is 5.95. The van der Waals surface area contributed by atoms with Crippen LogP contribution in [0.3, 0.4) is 0 Å². The Labute approximate surface area is 164 Å². The largest absolute Gasteiger partial charge is 0.464 e. The lowest BCUT2D eigenvalue weighted by Gasteiger charge is -2.39. The molecule has 27 heavy (non-hydrogen) atoms. The zero-order chi connectivity index (χ0) is 20.2. The molecule has 2 atom stereocenters. The van der Waals surface area contributed by atoms with Gasteiger partial charge in [-0.05, 0) is 59.1 Å². The van der Waals surface area contributed by atoms with E-state index in [1.807, 2.05) is 6.92 Å². The molecule has 0 aromatic carbocycles. The van der Waals surface area contributed by atoms with E-state index in [0.29, 0.717) is 30.4 Å². The summed E-state index contributed by atoms with van der Waals surface area (Å²) in [4.78, 5) is 26.4. The molecule has 0 spiro atoms. The van der Waals surface area contributed by atoms with Gasteiger partial charge in [-0.2, -0.15) is 0 Å². The van der Waals surface area contributed by atoms with Crippen LogP contribution in [0.1, 0.15) is 46.1 Å². The van der Waals surface area contributed by atoms with E-state index in [2.05, 4.69) is 15.5 Å². The van der Waals surface area contributed by atoms with Crippen molar-refractivity contribution in [3.05, 3.63) is 16.8 Å². The molecule has 1 aromatic heterocycles. The molecule has 0 radical (unpaired) electrons. The van der Waals surface area contributed by atoms with E-state index >= 15 is 0 Å². The molecule has 150 valence electrons. The van der Waals surface area contributed by atoms with Gasteiger partial charge in [0.2, 0.25) is 0 Å². The van der Waals surface area contributed by atoms with Gasteiger partial charge < -0.3 is 14.8 Å². The van der Waals surface area contributed by atoms with Crippen LogP contribution in [0.2, 0.25) is 5.15 Å². The predicted octanol–water partition coefficient (Wildman–Crippen LogP) is 3.18. The van der Waals surface area contributed by atoms with Crippen molar-refractivity contribution in [1.82, 2.24) is 15.1 Å². The zero-order valence-electron chi connectivity index (χ0n) is 16.4. The number of hydrogen-bond donors (Lipinski definition) is 1. The van der Waals surface area contributed by atoms with Gasteiger partial charge in [0.05, 0.1) is 6.61 Å². The third-order valence-electron chi connectivity index (χ3n) is 4.04. The summed E-state index contributed by atoms with van der Waals surface area (Å²) in [5, 5.41) is 11.5. The van der Waals surface area contributed by atoms with Crippen LogP contribution in [0, 0.1) is 6.92 Å². The third-order valence-corrected chi connectivity index (χ3v) is 4.42. The molecule has 0 bridgehead atoms. The molecule has 0 aliphatic carbocycles. The average molecular weight is 399 g/mol. The van der Waals surface area contributed by atoms with E-state index in [4.69, 9.17) is 21.1 Å². The Bertz CT molecular complexity index is 692. The number of halogens is 1. The maximum absolute atomic E-state index is 12.7. The second-order valence-electron chi connectivity index (χ2n) is 7.52. The van der Waals surface area contributed by atoms with Crippen LogP contribution in [0.5, 0.6) is 0 Å². The first kappa shape index (κ1) is 21.2. The summed E-state index contributed by atoms with van der Waals surface area (Å²) >= 11 is 5.91. The van der Waals surface area contributed by atoms with Crippen molar-refractivity contribution < 1.29 is 19.1 Å². The van der Waals surface area contributed by atoms with Crippen LogP contribution in [-0.2, 0) is 14.3 Å². The summed E-state index contributed by atoms with van der Waals surface area (Å²) in [6, 6.07) is 1.04. The molecular formula is C18H27ClN4O4. The smallest absolute Gasteiger partial charge is 0.411 e. The monoisotopic (exact) mass is 398 g/mol. The Morgan fingerprint density at radius 3 is 2.63 bits per heavy atom. The lowest BCUT2D eigenvalue weighted by Crippen LogP contribution is -2.55. The molecule has 1 N–H and O–H groups in total. The number of esters is 1. The second-order valence-corrected chi connectivity index (χ2v) is 7.88. The SMILES string of the molecule is CCOC(=O)[C@@H]1CC[C@@H](Nc2cc(C)c(Cl)nn2)CN1C(=O)OC(C)(C)C. The standard InChI is InChI=1S/C18H27ClN4O4/c1-6-26-16(24)13-8-7-12(10-23(13)17(25)27-18(3,4)5)20-14-9-11(2)15(19)22-21-14/h9,12-13H,6-8,10H2,1-5H3,(H,20,21)/t12-,13+/m1/s1. The number of nitrogens with one attached hydrogen (secondary N) is 1. The Balaban J connectivity index is 2.14. The van der Waals surface area contributed by atoms with Gasteiger partial charge in [-0.15, -0.1) is 10.2 Å². The molecule has 1 aliphatic heterocycles. The van der Waals surface area contributed by atoms with E-state index in [1.165, 1.54) is 4.90 Å². The van der Waals surface area contributed by atoms with Crippen LogP contribution in [0.4, 0.5) is 10.6 Å². The molecule has 0 saturated carbocycles. The lowest BCUT2D eigenvalue weighted by atomic mass is 9.98. The number of nitrogens with zero attached hydrogens (tertiary/aromatic N) is 3. The van der Waals surface area contributed by atoms with Crippen molar-refractivity contribution in [1.29, 1.82) is 0 Å². The zero-order valence-corrected chi connectivity index (χ0v) is 17.2. The highest BCUT2D eigenvalue weighted by Gasteiger charge is 2.39. The van der Waals surface area contributed by atoms with E-state index in [9.17, 15) is 9.59 Å². The lowest BCUT2D eigenvalue weighted by molar-refractivity contribution is -0.150. The van der Waals surface area contributed by atoms with E-state index in [1.54, 1.807) is 33.8 Å². The molecule has 9 heteroatoms. The number of likely N-dealkylation sites (tertiary alicyclic amines) is 1. The number of amides is 1. The summed E-state index contributed by atoms with van der Waals surface area (Å²) in [5.74, 6) is 0.157. The molecule has 2 heterocycles. The van der Waals surface area contributed by atoms with Gasteiger partial charge >= 0.3 is 12.1 Å². The summed E-state index contributed by atoms with van der Waals surface area (Å²) < 4.78 is 10.6. The van der Waals surface area contributed by atoms with Gasteiger partial charge in [0, 0.05) is 12.6 Å². The first-order valence-corrected chi connectivity index (χ1v) is 9.41. The normalized spacial score (nSPS) is 20.1. The van der Waals surface area contributed by atoms with Crippen LogP contribution in [0.15, 0.2) is 6.07 Å². The number of rotatable bonds is 4. The number of carbonyl (C=O) groups is 2. The van der Waals surface area contributed by atoms with Gasteiger partial charge in [-0.25, -0.2) is 9.59 Å². The molecule has 2 rings (SSSR count). The quantitative estimate of drug-likeness (QED) is 0.778. The van der Waals surface area contributed by atoms with Crippen molar-refractivity contribution in [2.45, 2.75) is 65.1 Å². The molecule has 8 nitrogen and oxygen atoms in total. The first-order valence-electron chi connectivity index (χ1n) is 9.03. The van der Waals surface area contributed by atoms with Gasteiger partial charge in [0.1, 0.15) is 17.5 Å². The fourth-order valence-electron chi connectivity index (χ4n) is 2.84. The van der Waals surface area contributed by atoms with Crippen molar-refractivity contribution in [2.75, 3.05) is 18.5 Å². The average Bonchev–Trinajstić information content (AvgIpc) is 2.57. The maximum Gasteiger partial charge on any atom is 0.411 e. The van der Waals surface area contributed by atoms with Gasteiger partial charge in [0.15, 0.2) is 5.15 Å². The van der Waals surface area contributed by atoms with Crippen molar-refractivity contribution in [3.8, 4) is 0 Å². The number of hydrogen-bond acceptors (Lipinski definition) is 7. The summed E-state index contributed by atoms with van der Waals surface area (Å²) in [6.45, 7) is 9.50. The maximum atomic E-state index is 12.7. The van der Waals surface area contributed by atoms with Gasteiger partial charge in [0.25, 0.3) is 0 Å². The van der Waals surface area contributed by atoms with Gasteiger partial charge in [-0.3, -0.25) is 4.90 Å². The highest BCUT2D eigenvalue weighted by molar-refractivity contribution is 6.30. The van der Waals surface area contributed by atoms with Crippen molar-refractivity contribution in [3.63, 3.8) is 0 Å². The van der Waals surface area contributed by atoms with Gasteiger partial charge in [-0.1, -0.05) is 11.6 Å². The fourth-order valence-corrected chi connectivity index (χ4v) is 2.94. The Morgan fingerprint density at radius 2 is 2.04 bits per heavy atom. The Hall–Kier alpha value is -2.09. The minimum Gasteiger partial charge on any atom is -0.464 e. The van der Waals surface area contributed by atoms with E-state index in [0.717, 1.165) is 5.56 Å². The van der Waals surface area contributed by atoms with Crippen molar-refractivity contribution >= 4 is 29.5 Å². The second kappa shape index (κ2) is 8.73. The predicted molar refractivity (Wildman–Crippen MR) is 102 cm³/mol. The summed E-state index contributed by atoms with van der Waals surface area (Å²) in [7, 11) is 0. The highest BCUT2D eigenvalue weighted by atomic mass is 35.5. The number of ether oxygens (including phenoxy) is 2. The number of anilines is 1. The van der Waals surface area contributed by atoms with Crippen molar-refractivity contribution in [2.24, 2.45) is 0 Å². The topological polar surface area (TPSA) is 93.6 Å². The Kier molecular flexibility index (Phi) is 6.86. The van der Waals surface area contributed by atoms with Crippen LogP contribution in [-0.4, -0.2) is 58.0 Å². The van der Waals surface area contributed by atoms with Crippen LogP contribution in [0.25, 0.3) is 0 Å². The number of aryl methyl sites for hydroxylation is 1. The Morgan fingerprint density at radius 1 is 1.33 bits per heavy atom.